The molecule has 1 atom stereocenters. The molecule has 0 spiro atoms. The predicted octanol–water partition coefficient (Wildman–Crippen LogP) is 5.52. The van der Waals surface area contributed by atoms with Gasteiger partial charge in [-0.15, -0.1) is 11.3 Å². The van der Waals surface area contributed by atoms with E-state index < -0.39 is 0 Å². The molecule has 146 valence electrons. The van der Waals surface area contributed by atoms with Gasteiger partial charge in [-0.05, 0) is 56.4 Å². The highest BCUT2D eigenvalue weighted by Crippen LogP contribution is 2.36. The second-order valence-electron chi connectivity index (χ2n) is 7.34. The SMILES string of the molecule is Cc1ccccc1OCCCC(=O)N1CCCC[C@H]1c1nc2ccccc2s1. The third-order valence-electron chi connectivity index (χ3n) is 5.30. The fraction of sp³-hybridized carbons (Fsp3) is 0.391. The number of piperidine rings is 1. The number of carbonyl (C=O) groups is 1. The second kappa shape index (κ2) is 8.74. The lowest BCUT2D eigenvalue weighted by Gasteiger charge is -2.34. The Hall–Kier alpha value is -2.40. The zero-order valence-corrected chi connectivity index (χ0v) is 17.1. The number of rotatable bonds is 6. The molecule has 1 aliphatic heterocycles. The van der Waals surface area contributed by atoms with Gasteiger partial charge in [0, 0.05) is 13.0 Å². The molecule has 1 aromatic heterocycles. The summed E-state index contributed by atoms with van der Waals surface area (Å²) in [5, 5.41) is 1.07. The lowest BCUT2D eigenvalue weighted by Crippen LogP contribution is -2.38. The van der Waals surface area contributed by atoms with Crippen LogP contribution < -0.4 is 4.74 Å². The van der Waals surface area contributed by atoms with Gasteiger partial charge in [-0.2, -0.15) is 0 Å². The molecule has 1 aliphatic rings. The molecule has 2 aromatic carbocycles. The van der Waals surface area contributed by atoms with Crippen molar-refractivity contribution in [1.29, 1.82) is 0 Å². The third-order valence-corrected chi connectivity index (χ3v) is 6.44. The minimum atomic E-state index is 0.121. The summed E-state index contributed by atoms with van der Waals surface area (Å²) in [6, 6.07) is 16.3. The molecule has 0 saturated carbocycles. The van der Waals surface area contributed by atoms with Gasteiger partial charge in [0.15, 0.2) is 0 Å². The monoisotopic (exact) mass is 394 g/mol. The van der Waals surface area contributed by atoms with E-state index in [1.54, 1.807) is 11.3 Å². The van der Waals surface area contributed by atoms with Gasteiger partial charge in [0.25, 0.3) is 0 Å². The van der Waals surface area contributed by atoms with Gasteiger partial charge < -0.3 is 9.64 Å². The summed E-state index contributed by atoms with van der Waals surface area (Å²) in [6.45, 7) is 3.44. The van der Waals surface area contributed by atoms with E-state index in [2.05, 4.69) is 11.0 Å². The van der Waals surface area contributed by atoms with Crippen LogP contribution in [0.1, 0.15) is 48.7 Å². The topological polar surface area (TPSA) is 42.4 Å². The Morgan fingerprint density at radius 3 is 2.86 bits per heavy atom. The average Bonchev–Trinajstić information content (AvgIpc) is 3.16. The minimum Gasteiger partial charge on any atom is -0.493 e. The van der Waals surface area contributed by atoms with E-state index in [4.69, 9.17) is 9.72 Å². The molecule has 0 unspecified atom stereocenters. The first-order valence-corrected chi connectivity index (χ1v) is 10.9. The summed E-state index contributed by atoms with van der Waals surface area (Å²) in [6.07, 6.45) is 4.49. The van der Waals surface area contributed by atoms with Crippen molar-refractivity contribution in [3.8, 4) is 5.75 Å². The summed E-state index contributed by atoms with van der Waals surface area (Å²) in [5.74, 6) is 1.12. The number of hydrogen-bond acceptors (Lipinski definition) is 4. The summed E-state index contributed by atoms with van der Waals surface area (Å²) in [7, 11) is 0. The first-order valence-electron chi connectivity index (χ1n) is 10.1. The van der Waals surface area contributed by atoms with Crippen LogP contribution in [0.5, 0.6) is 5.75 Å². The summed E-state index contributed by atoms with van der Waals surface area (Å²) in [5.41, 5.74) is 2.16. The van der Waals surface area contributed by atoms with Crippen LogP contribution in [0.25, 0.3) is 10.2 Å². The van der Waals surface area contributed by atoms with Crippen molar-refractivity contribution in [3.05, 3.63) is 59.1 Å². The Morgan fingerprint density at radius 2 is 2.00 bits per heavy atom. The van der Waals surface area contributed by atoms with Gasteiger partial charge in [-0.25, -0.2) is 4.98 Å². The number of benzene rings is 2. The molecule has 2 heterocycles. The van der Waals surface area contributed by atoms with Crippen molar-refractivity contribution in [2.75, 3.05) is 13.2 Å². The lowest BCUT2D eigenvalue weighted by atomic mass is 10.0. The van der Waals surface area contributed by atoms with Crippen LogP contribution >= 0.6 is 11.3 Å². The molecule has 0 N–H and O–H groups in total. The molecule has 0 aliphatic carbocycles. The fourth-order valence-electron chi connectivity index (χ4n) is 3.79. The maximum Gasteiger partial charge on any atom is 0.223 e. The Kier molecular flexibility index (Phi) is 5.91. The third kappa shape index (κ3) is 4.20. The first kappa shape index (κ1) is 18.9. The molecular weight excluding hydrogens is 368 g/mol. The molecule has 0 radical (unpaired) electrons. The quantitative estimate of drug-likeness (QED) is 0.517. The van der Waals surface area contributed by atoms with Crippen molar-refractivity contribution in [3.63, 3.8) is 0 Å². The Bertz CT molecular complexity index is 919. The molecule has 4 nitrogen and oxygen atoms in total. The largest absolute Gasteiger partial charge is 0.493 e. The number of carbonyl (C=O) groups excluding carboxylic acids is 1. The van der Waals surface area contributed by atoms with Gasteiger partial charge in [-0.3, -0.25) is 4.79 Å². The number of likely N-dealkylation sites (tertiary alicyclic amines) is 1. The van der Waals surface area contributed by atoms with Crippen LogP contribution in [0.4, 0.5) is 0 Å². The maximum atomic E-state index is 12.9. The minimum absolute atomic E-state index is 0.121. The smallest absolute Gasteiger partial charge is 0.223 e. The van der Waals surface area contributed by atoms with E-state index in [0.717, 1.165) is 54.1 Å². The van der Waals surface area contributed by atoms with Crippen molar-refractivity contribution < 1.29 is 9.53 Å². The van der Waals surface area contributed by atoms with Crippen LogP contribution in [-0.2, 0) is 4.79 Å². The number of aromatic nitrogens is 1. The number of aryl methyl sites for hydroxylation is 1. The van der Waals surface area contributed by atoms with E-state index in [1.165, 1.54) is 4.70 Å². The second-order valence-corrected chi connectivity index (χ2v) is 8.40. The molecular formula is C23H26N2O2S. The Labute approximate surface area is 170 Å². The van der Waals surface area contributed by atoms with E-state index >= 15 is 0 Å². The number of ether oxygens (including phenoxy) is 1. The number of thiazole rings is 1. The molecule has 1 amide bonds. The van der Waals surface area contributed by atoms with Crippen LogP contribution in [0.15, 0.2) is 48.5 Å². The van der Waals surface area contributed by atoms with Crippen molar-refractivity contribution in [2.24, 2.45) is 0 Å². The Balaban J connectivity index is 1.37. The van der Waals surface area contributed by atoms with Crippen LogP contribution in [0, 0.1) is 6.92 Å². The molecule has 1 saturated heterocycles. The first-order chi connectivity index (χ1) is 13.7. The molecule has 0 bridgehead atoms. The number of amides is 1. The van der Waals surface area contributed by atoms with Gasteiger partial charge in [-0.1, -0.05) is 30.3 Å². The van der Waals surface area contributed by atoms with E-state index in [0.29, 0.717) is 13.0 Å². The maximum absolute atomic E-state index is 12.9. The Morgan fingerprint density at radius 1 is 1.18 bits per heavy atom. The number of para-hydroxylation sites is 2. The van der Waals surface area contributed by atoms with Gasteiger partial charge >= 0.3 is 0 Å². The molecule has 28 heavy (non-hydrogen) atoms. The molecule has 4 rings (SSSR count). The number of nitrogens with zero attached hydrogens (tertiary/aromatic N) is 2. The number of fused-ring (bicyclic) bond motifs is 1. The molecule has 5 heteroatoms. The highest BCUT2D eigenvalue weighted by Gasteiger charge is 2.29. The highest BCUT2D eigenvalue weighted by atomic mass is 32.1. The van der Waals surface area contributed by atoms with Crippen LogP contribution in [-0.4, -0.2) is 28.9 Å². The van der Waals surface area contributed by atoms with Crippen LogP contribution in [0.3, 0.4) is 0 Å². The highest BCUT2D eigenvalue weighted by molar-refractivity contribution is 7.18. The summed E-state index contributed by atoms with van der Waals surface area (Å²) >= 11 is 1.72. The van der Waals surface area contributed by atoms with Gasteiger partial charge in [0.05, 0.1) is 22.9 Å². The fourth-order valence-corrected chi connectivity index (χ4v) is 4.90. The average molecular weight is 395 g/mol. The van der Waals surface area contributed by atoms with Crippen molar-refractivity contribution in [2.45, 2.75) is 45.1 Å². The van der Waals surface area contributed by atoms with E-state index in [9.17, 15) is 4.79 Å². The van der Waals surface area contributed by atoms with Gasteiger partial charge in [0.1, 0.15) is 10.8 Å². The van der Waals surface area contributed by atoms with Crippen molar-refractivity contribution >= 4 is 27.5 Å². The summed E-state index contributed by atoms with van der Waals surface area (Å²) in [4.78, 5) is 19.8. The van der Waals surface area contributed by atoms with E-state index in [-0.39, 0.29) is 11.9 Å². The number of hydrogen-bond donors (Lipinski definition) is 0. The summed E-state index contributed by atoms with van der Waals surface area (Å²) < 4.78 is 7.04. The zero-order chi connectivity index (χ0) is 19.3. The van der Waals surface area contributed by atoms with Crippen LogP contribution in [0.2, 0.25) is 0 Å². The molecule has 3 aromatic rings. The molecule has 1 fully saturated rings. The van der Waals surface area contributed by atoms with Gasteiger partial charge in [0.2, 0.25) is 5.91 Å². The zero-order valence-electron chi connectivity index (χ0n) is 16.3. The lowest BCUT2D eigenvalue weighted by molar-refractivity contribution is -0.135. The predicted molar refractivity (Wildman–Crippen MR) is 114 cm³/mol. The van der Waals surface area contributed by atoms with E-state index in [1.807, 2.05) is 49.4 Å². The normalized spacial score (nSPS) is 17.0. The van der Waals surface area contributed by atoms with Crippen molar-refractivity contribution in [1.82, 2.24) is 9.88 Å². The standard InChI is InChI=1S/C23H26N2O2S/c1-17-9-2-4-12-20(17)27-16-8-14-22(26)25-15-7-6-11-19(25)23-24-18-10-3-5-13-21(18)28-23/h2-5,9-10,12-13,19H,6-8,11,14-16H2,1H3/t19-/m0/s1.